The summed E-state index contributed by atoms with van der Waals surface area (Å²) in [6, 6.07) is 6.41. The average Bonchev–Trinajstić information content (AvgIpc) is 2.57. The molecule has 14 heavy (non-hydrogen) atoms. The molecule has 0 saturated carbocycles. The van der Waals surface area contributed by atoms with Crippen LogP contribution in [0.15, 0.2) is 28.1 Å². The summed E-state index contributed by atoms with van der Waals surface area (Å²) < 4.78 is 7.57. The summed E-state index contributed by atoms with van der Waals surface area (Å²) in [6.07, 6.45) is 0.993. The predicted octanol–water partition coefficient (Wildman–Crippen LogP) is 3.85. The van der Waals surface area contributed by atoms with Gasteiger partial charge in [0.1, 0.15) is 0 Å². The van der Waals surface area contributed by atoms with Crippen molar-refractivity contribution in [3.8, 4) is 0 Å². The Balaban J connectivity index is 2.40. The fourth-order valence-corrected chi connectivity index (χ4v) is 2.80. The summed E-state index contributed by atoms with van der Waals surface area (Å²) in [5, 5.41) is 3.57. The highest BCUT2D eigenvalue weighted by molar-refractivity contribution is 9.10. The number of benzene rings is 1. The van der Waals surface area contributed by atoms with Crippen LogP contribution in [0.3, 0.4) is 0 Å². The number of fused-ring (bicyclic) bond motifs is 1. The zero-order chi connectivity index (χ0) is 9.97. The molecule has 74 valence electrons. The van der Waals surface area contributed by atoms with Crippen LogP contribution in [0, 0.1) is 0 Å². The van der Waals surface area contributed by atoms with Gasteiger partial charge in [0.15, 0.2) is 0 Å². The Morgan fingerprint density at radius 1 is 1.43 bits per heavy atom. The number of hydrogen-bond donors (Lipinski definition) is 0. The summed E-state index contributed by atoms with van der Waals surface area (Å²) in [5.74, 6) is 0. The Hall–Kier alpha value is -0.380. The van der Waals surface area contributed by atoms with Gasteiger partial charge in [-0.3, -0.25) is 0 Å². The van der Waals surface area contributed by atoms with Crippen molar-refractivity contribution in [1.29, 1.82) is 0 Å². The van der Waals surface area contributed by atoms with E-state index in [1.165, 1.54) is 15.6 Å². The summed E-state index contributed by atoms with van der Waals surface area (Å²) in [7, 11) is 1.74. The molecular formula is C11H11BrOS. The second-order valence-corrected chi connectivity index (χ2v) is 4.97. The average molecular weight is 271 g/mol. The lowest BCUT2D eigenvalue weighted by molar-refractivity contribution is 0.202. The van der Waals surface area contributed by atoms with Crippen LogP contribution < -0.4 is 0 Å². The maximum absolute atomic E-state index is 5.09. The van der Waals surface area contributed by atoms with Crippen LogP contribution in [0.5, 0.6) is 0 Å². The van der Waals surface area contributed by atoms with Gasteiger partial charge >= 0.3 is 0 Å². The molecule has 3 heteroatoms. The molecule has 0 radical (unpaired) electrons. The van der Waals surface area contributed by atoms with Crippen LogP contribution in [-0.4, -0.2) is 13.7 Å². The van der Waals surface area contributed by atoms with E-state index in [0.29, 0.717) is 0 Å². The Bertz CT molecular complexity index is 436. The summed E-state index contributed by atoms with van der Waals surface area (Å²) in [5.41, 5.74) is 1.38. The van der Waals surface area contributed by atoms with E-state index in [9.17, 15) is 0 Å². The topological polar surface area (TPSA) is 9.23 Å². The van der Waals surface area contributed by atoms with Crippen molar-refractivity contribution in [3.63, 3.8) is 0 Å². The van der Waals surface area contributed by atoms with Crippen LogP contribution in [0.4, 0.5) is 0 Å². The fraction of sp³-hybridized carbons (Fsp3) is 0.273. The van der Waals surface area contributed by atoms with Gasteiger partial charge in [-0.05, 0) is 40.9 Å². The molecule has 1 aromatic carbocycles. The number of hydrogen-bond acceptors (Lipinski definition) is 2. The highest BCUT2D eigenvalue weighted by atomic mass is 79.9. The quantitative estimate of drug-likeness (QED) is 0.823. The third-order valence-corrected chi connectivity index (χ3v) is 3.70. The first-order valence-corrected chi connectivity index (χ1v) is 6.13. The lowest BCUT2D eigenvalue weighted by Gasteiger charge is -1.98. The molecule has 0 atom stereocenters. The van der Waals surface area contributed by atoms with Gasteiger partial charge in [0, 0.05) is 16.3 Å². The van der Waals surface area contributed by atoms with Crippen molar-refractivity contribution in [1.82, 2.24) is 0 Å². The molecule has 0 amide bonds. The van der Waals surface area contributed by atoms with Gasteiger partial charge in [0.2, 0.25) is 0 Å². The van der Waals surface area contributed by atoms with E-state index >= 15 is 0 Å². The molecule has 0 spiro atoms. The first-order valence-electron chi connectivity index (χ1n) is 4.46. The monoisotopic (exact) mass is 270 g/mol. The molecular weight excluding hydrogens is 260 g/mol. The Morgan fingerprint density at radius 2 is 2.29 bits per heavy atom. The van der Waals surface area contributed by atoms with E-state index in [-0.39, 0.29) is 0 Å². The van der Waals surface area contributed by atoms with Crippen molar-refractivity contribution in [2.24, 2.45) is 0 Å². The van der Waals surface area contributed by atoms with Gasteiger partial charge in [-0.25, -0.2) is 0 Å². The minimum Gasteiger partial charge on any atom is -0.384 e. The van der Waals surface area contributed by atoms with Crippen LogP contribution in [-0.2, 0) is 11.2 Å². The molecule has 0 unspecified atom stereocenters. The van der Waals surface area contributed by atoms with Gasteiger partial charge in [-0.2, -0.15) is 0 Å². The molecule has 0 aliphatic heterocycles. The number of rotatable bonds is 3. The Kier molecular flexibility index (Phi) is 3.21. The van der Waals surface area contributed by atoms with Crippen molar-refractivity contribution in [2.45, 2.75) is 6.42 Å². The highest BCUT2D eigenvalue weighted by Crippen LogP contribution is 2.28. The largest absolute Gasteiger partial charge is 0.384 e. The van der Waals surface area contributed by atoms with E-state index in [1.54, 1.807) is 18.4 Å². The Morgan fingerprint density at radius 3 is 3.07 bits per heavy atom. The molecule has 0 aliphatic rings. The minimum absolute atomic E-state index is 0.790. The lowest BCUT2D eigenvalue weighted by Crippen LogP contribution is -1.92. The zero-order valence-electron chi connectivity index (χ0n) is 7.92. The molecule has 0 aliphatic carbocycles. The third kappa shape index (κ3) is 2.00. The van der Waals surface area contributed by atoms with Crippen LogP contribution in [0.25, 0.3) is 10.1 Å². The maximum Gasteiger partial charge on any atom is 0.0503 e. The molecule has 1 aromatic heterocycles. The van der Waals surface area contributed by atoms with Crippen LogP contribution in [0.2, 0.25) is 0 Å². The molecule has 1 nitrogen and oxygen atoms in total. The third-order valence-electron chi connectivity index (χ3n) is 2.19. The van der Waals surface area contributed by atoms with Gasteiger partial charge < -0.3 is 4.74 Å². The summed E-state index contributed by atoms with van der Waals surface area (Å²) in [4.78, 5) is 0. The lowest BCUT2D eigenvalue weighted by atomic mass is 10.1. The van der Waals surface area contributed by atoms with E-state index in [0.717, 1.165) is 17.5 Å². The van der Waals surface area contributed by atoms with Crippen LogP contribution in [0.1, 0.15) is 5.56 Å². The molecule has 0 saturated heterocycles. The Labute approximate surface area is 95.8 Å². The minimum atomic E-state index is 0.790. The number of halogens is 1. The van der Waals surface area contributed by atoms with Crippen molar-refractivity contribution in [3.05, 3.63) is 33.6 Å². The smallest absolute Gasteiger partial charge is 0.0503 e. The predicted molar refractivity (Wildman–Crippen MR) is 65.1 cm³/mol. The fourth-order valence-electron chi connectivity index (χ4n) is 1.46. The molecule has 2 aromatic rings. The van der Waals surface area contributed by atoms with Gasteiger partial charge in [-0.15, -0.1) is 11.3 Å². The molecule has 0 fully saturated rings. The second-order valence-electron chi connectivity index (χ2n) is 3.14. The standard InChI is InChI=1S/C11H11BrOS/c1-13-5-4-8-7-14-11-3-2-9(12)6-10(8)11/h2-3,6-7H,4-5H2,1H3. The van der Waals surface area contributed by atoms with E-state index in [2.05, 4.69) is 39.5 Å². The zero-order valence-corrected chi connectivity index (χ0v) is 10.3. The number of ether oxygens (including phenoxy) is 1. The van der Waals surface area contributed by atoms with Gasteiger partial charge in [0.05, 0.1) is 6.61 Å². The molecule has 0 N–H and O–H groups in total. The first-order chi connectivity index (χ1) is 6.81. The van der Waals surface area contributed by atoms with Crippen molar-refractivity contribution >= 4 is 37.4 Å². The van der Waals surface area contributed by atoms with E-state index in [1.807, 2.05) is 0 Å². The first kappa shape index (κ1) is 10.1. The number of methoxy groups -OCH3 is 1. The van der Waals surface area contributed by atoms with Gasteiger partial charge in [0.25, 0.3) is 0 Å². The number of thiophene rings is 1. The van der Waals surface area contributed by atoms with Gasteiger partial charge in [-0.1, -0.05) is 15.9 Å². The maximum atomic E-state index is 5.09. The highest BCUT2D eigenvalue weighted by Gasteiger charge is 2.03. The normalized spacial score (nSPS) is 11.0. The van der Waals surface area contributed by atoms with Crippen LogP contribution >= 0.6 is 27.3 Å². The molecule has 2 rings (SSSR count). The second kappa shape index (κ2) is 4.43. The van der Waals surface area contributed by atoms with E-state index < -0.39 is 0 Å². The van der Waals surface area contributed by atoms with E-state index in [4.69, 9.17) is 4.74 Å². The molecule has 0 bridgehead atoms. The summed E-state index contributed by atoms with van der Waals surface area (Å²) >= 11 is 5.29. The molecule has 1 heterocycles. The van der Waals surface area contributed by atoms with Crippen molar-refractivity contribution < 1.29 is 4.74 Å². The summed E-state index contributed by atoms with van der Waals surface area (Å²) in [6.45, 7) is 0.790. The van der Waals surface area contributed by atoms with Crippen molar-refractivity contribution in [2.75, 3.05) is 13.7 Å². The SMILES string of the molecule is COCCc1csc2ccc(Br)cc12.